The van der Waals surface area contributed by atoms with Gasteiger partial charge in [0, 0.05) is 25.5 Å². The molecular weight excluding hydrogens is 240 g/mol. The van der Waals surface area contributed by atoms with Crippen molar-refractivity contribution in [2.75, 3.05) is 5.75 Å². The summed E-state index contributed by atoms with van der Waals surface area (Å²) in [6, 6.07) is 0. The Hall–Kier alpha value is -1.04. The Bertz CT molecular complexity index is 511. The molecule has 0 aliphatic carbocycles. The van der Waals surface area contributed by atoms with Crippen molar-refractivity contribution in [1.29, 1.82) is 0 Å². The lowest BCUT2D eigenvalue weighted by Crippen LogP contribution is -2.28. The number of aromatic nitrogens is 2. The molecule has 0 saturated carbocycles. The van der Waals surface area contributed by atoms with Crippen LogP contribution in [0.2, 0.25) is 0 Å². The van der Waals surface area contributed by atoms with Crippen LogP contribution in [0.25, 0.3) is 0 Å². The number of hydrogen-bond donors (Lipinski definition) is 0. The summed E-state index contributed by atoms with van der Waals surface area (Å²) in [4.78, 5) is 11.8. The van der Waals surface area contributed by atoms with Gasteiger partial charge in [0.15, 0.2) is 9.84 Å². The lowest BCUT2D eigenvalue weighted by Gasteiger charge is -2.07. The van der Waals surface area contributed by atoms with E-state index in [1.54, 1.807) is 30.8 Å². The minimum absolute atomic E-state index is 0.0146. The Morgan fingerprint density at radius 1 is 1.18 bits per heavy atom. The molecule has 5 nitrogen and oxygen atoms in total. The maximum absolute atomic E-state index is 11.8. The van der Waals surface area contributed by atoms with E-state index in [0.717, 1.165) is 6.42 Å². The Morgan fingerprint density at radius 3 is 2.18 bits per heavy atom. The Morgan fingerprint density at radius 2 is 1.71 bits per heavy atom. The van der Waals surface area contributed by atoms with Crippen LogP contribution < -0.4 is 5.69 Å². The van der Waals surface area contributed by atoms with Crippen molar-refractivity contribution in [3.8, 4) is 0 Å². The minimum Gasteiger partial charge on any atom is -0.299 e. The van der Waals surface area contributed by atoms with E-state index < -0.39 is 15.1 Å². The van der Waals surface area contributed by atoms with E-state index in [0.29, 0.717) is 6.54 Å². The Kier molecular flexibility index (Phi) is 4.56. The first-order chi connectivity index (χ1) is 7.88. The fourth-order valence-corrected chi connectivity index (χ4v) is 2.42. The molecule has 0 N–H and O–H groups in total. The van der Waals surface area contributed by atoms with E-state index in [4.69, 9.17) is 0 Å². The van der Waals surface area contributed by atoms with Gasteiger partial charge < -0.3 is 0 Å². The number of hydrogen-bond acceptors (Lipinski definition) is 3. The highest BCUT2D eigenvalue weighted by atomic mass is 32.2. The van der Waals surface area contributed by atoms with E-state index in [9.17, 15) is 13.2 Å². The van der Waals surface area contributed by atoms with Crippen molar-refractivity contribution in [3.63, 3.8) is 0 Å². The van der Waals surface area contributed by atoms with Crippen LogP contribution in [0.3, 0.4) is 0 Å². The zero-order valence-electron chi connectivity index (χ0n) is 10.6. The van der Waals surface area contributed by atoms with E-state index in [2.05, 4.69) is 0 Å². The van der Waals surface area contributed by atoms with Gasteiger partial charge in [-0.3, -0.25) is 9.13 Å². The van der Waals surface area contributed by atoms with Crippen LogP contribution in [0.1, 0.15) is 27.2 Å². The van der Waals surface area contributed by atoms with E-state index in [-0.39, 0.29) is 18.0 Å². The maximum atomic E-state index is 11.8. The highest BCUT2D eigenvalue weighted by Gasteiger charge is 2.16. The maximum Gasteiger partial charge on any atom is 0.328 e. The molecule has 1 aromatic rings. The van der Waals surface area contributed by atoms with Crippen LogP contribution in [0.4, 0.5) is 0 Å². The fraction of sp³-hybridized carbons (Fsp3) is 0.727. The van der Waals surface area contributed by atoms with Crippen molar-refractivity contribution in [1.82, 2.24) is 9.13 Å². The van der Waals surface area contributed by atoms with Crippen LogP contribution >= 0.6 is 0 Å². The third-order valence-electron chi connectivity index (χ3n) is 2.72. The van der Waals surface area contributed by atoms with Gasteiger partial charge in [0.2, 0.25) is 0 Å². The number of imidazole rings is 1. The van der Waals surface area contributed by atoms with Gasteiger partial charge in [0.25, 0.3) is 0 Å². The molecule has 0 spiro atoms. The molecule has 1 rings (SSSR count). The molecule has 0 amide bonds. The van der Waals surface area contributed by atoms with Gasteiger partial charge >= 0.3 is 5.69 Å². The lowest BCUT2D eigenvalue weighted by molar-refractivity contribution is 0.574. The van der Waals surface area contributed by atoms with Crippen molar-refractivity contribution >= 4 is 9.84 Å². The molecule has 98 valence electrons. The molecule has 6 heteroatoms. The summed E-state index contributed by atoms with van der Waals surface area (Å²) in [5, 5.41) is -0.393. The predicted molar refractivity (Wildman–Crippen MR) is 67.9 cm³/mol. The van der Waals surface area contributed by atoms with Crippen molar-refractivity contribution in [3.05, 3.63) is 22.9 Å². The van der Waals surface area contributed by atoms with E-state index in [1.165, 1.54) is 4.57 Å². The Labute approximate surface area is 102 Å². The summed E-state index contributed by atoms with van der Waals surface area (Å²) in [5.74, 6) is 0.0146. The predicted octanol–water partition coefficient (Wildman–Crippen LogP) is 0.883. The van der Waals surface area contributed by atoms with Crippen LogP contribution in [-0.4, -0.2) is 28.6 Å². The zero-order valence-corrected chi connectivity index (χ0v) is 11.4. The van der Waals surface area contributed by atoms with Crippen LogP contribution in [0.15, 0.2) is 17.2 Å². The molecular formula is C11H20N2O3S. The first kappa shape index (κ1) is 14.0. The average Bonchev–Trinajstić information content (AvgIpc) is 2.58. The minimum atomic E-state index is -3.09. The second-order valence-electron chi connectivity index (χ2n) is 4.38. The molecule has 1 aromatic heterocycles. The first-order valence-corrected chi connectivity index (χ1v) is 7.57. The third-order valence-corrected chi connectivity index (χ3v) is 4.91. The summed E-state index contributed by atoms with van der Waals surface area (Å²) >= 11 is 0. The summed E-state index contributed by atoms with van der Waals surface area (Å²) < 4.78 is 26.3. The summed E-state index contributed by atoms with van der Waals surface area (Å²) in [6.07, 6.45) is 4.23. The standard InChI is InChI=1S/C11H20N2O3S/c1-4-5-12-6-7-13(11(12)14)8-9-17(15,16)10(2)3/h6-7,10H,4-5,8-9H2,1-3H3. The fourth-order valence-electron chi connectivity index (χ4n) is 1.50. The first-order valence-electron chi connectivity index (χ1n) is 5.85. The monoisotopic (exact) mass is 260 g/mol. The lowest BCUT2D eigenvalue weighted by atomic mass is 10.5. The largest absolute Gasteiger partial charge is 0.328 e. The van der Waals surface area contributed by atoms with Crippen LogP contribution in [0, 0.1) is 0 Å². The molecule has 0 atom stereocenters. The van der Waals surface area contributed by atoms with Gasteiger partial charge in [0.1, 0.15) is 0 Å². The molecule has 0 radical (unpaired) electrons. The van der Waals surface area contributed by atoms with Gasteiger partial charge in [-0.2, -0.15) is 0 Å². The quantitative estimate of drug-likeness (QED) is 0.763. The second-order valence-corrected chi connectivity index (χ2v) is 7.06. The van der Waals surface area contributed by atoms with Crippen LogP contribution in [-0.2, 0) is 22.9 Å². The summed E-state index contributed by atoms with van der Waals surface area (Å²) in [6.45, 7) is 6.20. The SMILES string of the molecule is CCCn1ccn(CCS(=O)(=O)C(C)C)c1=O. The van der Waals surface area contributed by atoms with E-state index in [1.807, 2.05) is 6.92 Å². The van der Waals surface area contributed by atoms with Gasteiger partial charge in [-0.1, -0.05) is 6.92 Å². The number of sulfone groups is 1. The van der Waals surface area contributed by atoms with Crippen molar-refractivity contribution < 1.29 is 8.42 Å². The van der Waals surface area contributed by atoms with Gasteiger partial charge in [-0.05, 0) is 20.3 Å². The normalized spacial score (nSPS) is 12.2. The second kappa shape index (κ2) is 5.53. The zero-order chi connectivity index (χ0) is 13.1. The van der Waals surface area contributed by atoms with Gasteiger partial charge in [0.05, 0.1) is 11.0 Å². The van der Waals surface area contributed by atoms with Crippen molar-refractivity contribution in [2.24, 2.45) is 0 Å². The molecule has 17 heavy (non-hydrogen) atoms. The molecule has 0 aliphatic heterocycles. The average molecular weight is 260 g/mol. The van der Waals surface area contributed by atoms with E-state index >= 15 is 0 Å². The number of aryl methyl sites for hydroxylation is 2. The van der Waals surface area contributed by atoms with Crippen molar-refractivity contribution in [2.45, 2.75) is 45.5 Å². The highest BCUT2D eigenvalue weighted by Crippen LogP contribution is 2.01. The summed E-state index contributed by atoms with van der Waals surface area (Å²) in [5.41, 5.74) is -0.134. The smallest absolute Gasteiger partial charge is 0.299 e. The third kappa shape index (κ3) is 3.46. The van der Waals surface area contributed by atoms with Gasteiger partial charge in [-0.25, -0.2) is 13.2 Å². The highest BCUT2D eigenvalue weighted by molar-refractivity contribution is 7.91. The molecule has 0 aliphatic rings. The van der Waals surface area contributed by atoms with Crippen LogP contribution in [0.5, 0.6) is 0 Å². The topological polar surface area (TPSA) is 61.1 Å². The molecule has 0 aromatic carbocycles. The number of nitrogens with zero attached hydrogens (tertiary/aromatic N) is 2. The summed E-state index contributed by atoms with van der Waals surface area (Å²) in [7, 11) is -3.09. The molecule has 1 heterocycles. The molecule has 0 saturated heterocycles. The Balaban J connectivity index is 2.74. The molecule has 0 fully saturated rings. The molecule has 0 unspecified atom stereocenters. The number of rotatable bonds is 6. The molecule has 0 bridgehead atoms. The van der Waals surface area contributed by atoms with Gasteiger partial charge in [-0.15, -0.1) is 0 Å².